The van der Waals surface area contributed by atoms with Crippen molar-refractivity contribution >= 4 is 44.5 Å². The molecule has 142 valence electrons. The van der Waals surface area contributed by atoms with Gasteiger partial charge in [0.05, 0.1) is 27.4 Å². The van der Waals surface area contributed by atoms with Gasteiger partial charge < -0.3 is 10.1 Å². The molecule has 1 amide bonds. The zero-order valence-electron chi connectivity index (χ0n) is 15.1. The van der Waals surface area contributed by atoms with Gasteiger partial charge in [-0.1, -0.05) is 18.2 Å². The third-order valence-corrected chi connectivity index (χ3v) is 5.89. The summed E-state index contributed by atoms with van der Waals surface area (Å²) >= 11 is 2.95. The Morgan fingerprint density at radius 1 is 1.25 bits per heavy atom. The van der Waals surface area contributed by atoms with Crippen LogP contribution in [0.1, 0.15) is 5.01 Å². The Balaban J connectivity index is 1.72. The first kappa shape index (κ1) is 18.3. The summed E-state index contributed by atoms with van der Waals surface area (Å²) in [5.74, 6) is 0.170. The van der Waals surface area contributed by atoms with E-state index >= 15 is 0 Å². The Kier molecular flexibility index (Phi) is 4.93. The van der Waals surface area contributed by atoms with E-state index in [2.05, 4.69) is 15.4 Å². The quantitative estimate of drug-likeness (QED) is 0.542. The van der Waals surface area contributed by atoms with Gasteiger partial charge >= 0.3 is 0 Å². The van der Waals surface area contributed by atoms with Gasteiger partial charge in [0.15, 0.2) is 5.52 Å². The Labute approximate surface area is 168 Å². The second-order valence-electron chi connectivity index (χ2n) is 5.95. The lowest BCUT2D eigenvalue weighted by molar-refractivity contribution is -0.117. The first-order valence-corrected chi connectivity index (χ1v) is 10.1. The number of fused-ring (bicyclic) bond motifs is 1. The maximum Gasteiger partial charge on any atom is 0.294 e. The maximum atomic E-state index is 12.8. The number of aryl methyl sites for hydroxylation is 1. The first-order valence-electron chi connectivity index (χ1n) is 8.42. The lowest BCUT2D eigenvalue weighted by atomic mass is 10.3. The van der Waals surface area contributed by atoms with E-state index in [1.54, 1.807) is 18.2 Å². The molecule has 0 fully saturated rings. The van der Waals surface area contributed by atoms with E-state index in [9.17, 15) is 9.59 Å². The van der Waals surface area contributed by atoms with E-state index < -0.39 is 0 Å². The molecule has 0 aliphatic carbocycles. The normalized spacial score (nSPS) is 10.9. The van der Waals surface area contributed by atoms with E-state index in [4.69, 9.17) is 4.74 Å². The van der Waals surface area contributed by atoms with Crippen molar-refractivity contribution in [2.24, 2.45) is 0 Å². The number of thiazole rings is 1. The van der Waals surface area contributed by atoms with Crippen LogP contribution in [0.2, 0.25) is 0 Å². The topological polar surface area (TPSA) is 86.1 Å². The van der Waals surface area contributed by atoms with Gasteiger partial charge in [0.1, 0.15) is 18.0 Å². The predicted octanol–water partition coefficient (Wildman–Crippen LogP) is 3.54. The number of anilines is 1. The maximum absolute atomic E-state index is 12.8. The van der Waals surface area contributed by atoms with Crippen molar-refractivity contribution in [3.05, 3.63) is 57.1 Å². The number of hydrogen-bond donors (Lipinski definition) is 1. The Hall–Kier alpha value is -3.04. The molecule has 0 bridgehead atoms. The molecule has 9 heteroatoms. The Morgan fingerprint density at radius 2 is 2.07 bits per heavy atom. The number of carbonyl (C=O) groups excluding carboxylic acids is 1. The molecule has 4 rings (SSSR count). The van der Waals surface area contributed by atoms with Crippen LogP contribution in [0.4, 0.5) is 5.69 Å². The average Bonchev–Trinajstić information content (AvgIpc) is 3.34. The molecule has 28 heavy (non-hydrogen) atoms. The molecule has 0 aliphatic rings. The second kappa shape index (κ2) is 7.53. The number of nitrogens with zero attached hydrogens (tertiary/aromatic N) is 3. The van der Waals surface area contributed by atoms with Crippen molar-refractivity contribution < 1.29 is 9.53 Å². The summed E-state index contributed by atoms with van der Waals surface area (Å²) < 4.78 is 7.15. The number of hydrogen-bond acceptors (Lipinski definition) is 7. The van der Waals surface area contributed by atoms with Gasteiger partial charge in [-0.15, -0.1) is 22.7 Å². The molecule has 4 aromatic rings. The van der Waals surface area contributed by atoms with E-state index in [0.29, 0.717) is 22.6 Å². The van der Waals surface area contributed by atoms with Gasteiger partial charge in [-0.2, -0.15) is 5.10 Å². The van der Waals surface area contributed by atoms with E-state index in [0.717, 1.165) is 14.6 Å². The number of nitrogens with one attached hydrogen (secondary N) is 1. The van der Waals surface area contributed by atoms with Crippen LogP contribution in [0.5, 0.6) is 5.75 Å². The van der Waals surface area contributed by atoms with Crippen molar-refractivity contribution in [3.63, 3.8) is 0 Å². The van der Waals surface area contributed by atoms with Crippen LogP contribution in [-0.2, 0) is 11.3 Å². The number of benzene rings is 1. The fourth-order valence-corrected chi connectivity index (χ4v) is 4.51. The molecule has 3 aromatic heterocycles. The number of carbonyl (C=O) groups is 1. The molecule has 0 saturated heterocycles. The van der Waals surface area contributed by atoms with E-state index in [-0.39, 0.29) is 18.0 Å². The summed E-state index contributed by atoms with van der Waals surface area (Å²) in [6.45, 7) is 1.63. The summed E-state index contributed by atoms with van der Waals surface area (Å²) in [5, 5.41) is 9.96. The van der Waals surface area contributed by atoms with Crippen molar-refractivity contribution in [2.75, 3.05) is 12.4 Å². The summed E-state index contributed by atoms with van der Waals surface area (Å²) in [6.07, 6.45) is 0. The van der Waals surface area contributed by atoms with Crippen molar-refractivity contribution in [2.45, 2.75) is 13.5 Å². The van der Waals surface area contributed by atoms with Gasteiger partial charge in [-0.25, -0.2) is 9.67 Å². The predicted molar refractivity (Wildman–Crippen MR) is 111 cm³/mol. The van der Waals surface area contributed by atoms with Crippen molar-refractivity contribution in [3.8, 4) is 16.3 Å². The molecule has 0 radical (unpaired) electrons. The Morgan fingerprint density at radius 3 is 2.82 bits per heavy atom. The molecular weight excluding hydrogens is 396 g/mol. The van der Waals surface area contributed by atoms with Crippen LogP contribution in [0.25, 0.3) is 20.8 Å². The zero-order chi connectivity index (χ0) is 19.7. The number of rotatable bonds is 5. The van der Waals surface area contributed by atoms with E-state index in [1.165, 1.54) is 34.5 Å². The zero-order valence-corrected chi connectivity index (χ0v) is 16.8. The molecule has 0 spiro atoms. The van der Waals surface area contributed by atoms with Crippen LogP contribution in [-0.4, -0.2) is 27.8 Å². The Bertz CT molecular complexity index is 1210. The number of amides is 1. The van der Waals surface area contributed by atoms with Gasteiger partial charge in [0.2, 0.25) is 5.91 Å². The molecule has 1 N–H and O–H groups in total. The summed E-state index contributed by atoms with van der Waals surface area (Å²) in [6, 6.07) is 10.9. The largest absolute Gasteiger partial charge is 0.495 e. The first-order chi connectivity index (χ1) is 13.6. The lowest BCUT2D eigenvalue weighted by Crippen LogP contribution is -2.30. The highest BCUT2D eigenvalue weighted by Crippen LogP contribution is 2.32. The molecule has 0 aliphatic heterocycles. The summed E-state index contributed by atoms with van der Waals surface area (Å²) in [5.41, 5.74) is 1.16. The van der Waals surface area contributed by atoms with E-state index in [1.807, 2.05) is 30.5 Å². The fraction of sp³-hybridized carbons (Fsp3) is 0.158. The number of thiophene rings is 1. The van der Waals surface area contributed by atoms with Gasteiger partial charge in [0, 0.05) is 0 Å². The van der Waals surface area contributed by atoms with Crippen molar-refractivity contribution in [1.82, 2.24) is 14.8 Å². The molecule has 0 atom stereocenters. The number of para-hydroxylation sites is 2. The highest BCUT2D eigenvalue weighted by atomic mass is 32.1. The molecule has 7 nitrogen and oxygen atoms in total. The molecule has 1 aromatic carbocycles. The van der Waals surface area contributed by atoms with Crippen LogP contribution in [0, 0.1) is 6.92 Å². The average molecular weight is 412 g/mol. The fourth-order valence-electron chi connectivity index (χ4n) is 2.82. The van der Waals surface area contributed by atoms with Crippen molar-refractivity contribution in [1.29, 1.82) is 0 Å². The number of methoxy groups -OCH3 is 1. The SMILES string of the molecule is COc1ccccc1NC(=O)Cn1nc(-c2cccs2)c2sc(C)nc2c1=O. The van der Waals surface area contributed by atoms with Gasteiger partial charge in [-0.3, -0.25) is 9.59 Å². The van der Waals surface area contributed by atoms with Gasteiger partial charge in [-0.05, 0) is 30.5 Å². The summed E-state index contributed by atoms with van der Waals surface area (Å²) in [7, 11) is 1.53. The monoisotopic (exact) mass is 412 g/mol. The highest BCUT2D eigenvalue weighted by Gasteiger charge is 2.18. The van der Waals surface area contributed by atoms with Crippen LogP contribution >= 0.6 is 22.7 Å². The third kappa shape index (κ3) is 3.41. The van der Waals surface area contributed by atoms with Crippen LogP contribution in [0.15, 0.2) is 46.6 Å². The minimum atomic E-state index is -0.380. The third-order valence-electron chi connectivity index (χ3n) is 4.04. The lowest BCUT2D eigenvalue weighted by Gasteiger charge is -2.11. The molecule has 0 unspecified atom stereocenters. The smallest absolute Gasteiger partial charge is 0.294 e. The minimum Gasteiger partial charge on any atom is -0.495 e. The minimum absolute atomic E-state index is 0.220. The number of ether oxygens (including phenoxy) is 1. The highest BCUT2D eigenvalue weighted by molar-refractivity contribution is 7.20. The standard InChI is InChI=1S/C19H16N4O3S2/c1-11-20-17-18(28-11)16(14-8-5-9-27-14)22-23(19(17)25)10-15(24)21-12-6-3-4-7-13(12)26-2/h3-9H,10H2,1-2H3,(H,21,24). The van der Waals surface area contributed by atoms with Crippen LogP contribution < -0.4 is 15.6 Å². The summed E-state index contributed by atoms with van der Waals surface area (Å²) in [4.78, 5) is 30.7. The molecular formula is C19H16N4O3S2. The molecule has 3 heterocycles. The second-order valence-corrected chi connectivity index (χ2v) is 8.10. The molecule has 0 saturated carbocycles. The number of aromatic nitrogens is 3. The van der Waals surface area contributed by atoms with Gasteiger partial charge in [0.25, 0.3) is 5.56 Å². The van der Waals surface area contributed by atoms with Crippen LogP contribution in [0.3, 0.4) is 0 Å².